The Morgan fingerprint density at radius 2 is 1.66 bits per heavy atom. The van der Waals surface area contributed by atoms with Gasteiger partial charge in [-0.1, -0.05) is 60.7 Å². The first-order valence-corrected chi connectivity index (χ1v) is 22.1. The molecule has 5 heterocycles. The zero-order valence-electron chi connectivity index (χ0n) is 34.8. The van der Waals surface area contributed by atoms with Crippen molar-refractivity contribution < 1.29 is 38.6 Å². The molecule has 328 valence electrons. The zero-order valence-corrected chi connectivity index (χ0v) is 35.6. The van der Waals surface area contributed by atoms with Crippen molar-refractivity contribution in [2.75, 3.05) is 61.5 Å². The van der Waals surface area contributed by atoms with Gasteiger partial charge in [-0.05, 0) is 59.0 Å². The van der Waals surface area contributed by atoms with Crippen molar-refractivity contribution in [2.45, 2.75) is 44.1 Å². The molecule has 17 heteroatoms. The molecular weight excluding hydrogens is 837 g/mol. The lowest BCUT2D eigenvalue weighted by Gasteiger charge is -2.36. The number of amides is 6. The Hall–Kier alpha value is -6.95. The third kappa shape index (κ3) is 8.56. The molecule has 9 rings (SSSR count). The van der Waals surface area contributed by atoms with Gasteiger partial charge < -0.3 is 29.9 Å². The topological polar surface area (TPSA) is 194 Å². The summed E-state index contributed by atoms with van der Waals surface area (Å²) in [6.07, 6.45) is 0.737. The van der Waals surface area contributed by atoms with Crippen LogP contribution in [0.4, 0.5) is 16.5 Å². The van der Waals surface area contributed by atoms with Gasteiger partial charge in [0.15, 0.2) is 11.4 Å². The van der Waals surface area contributed by atoms with Crippen LogP contribution in [0.5, 0.6) is 0 Å². The molecule has 2 saturated heterocycles. The van der Waals surface area contributed by atoms with Crippen LogP contribution in [0, 0.1) is 0 Å². The number of fused-ring (bicyclic) bond motifs is 2. The molecule has 6 amide bonds. The number of aromatic nitrogens is 1. The van der Waals surface area contributed by atoms with Crippen molar-refractivity contribution >= 4 is 63.3 Å². The molecule has 0 spiro atoms. The molecule has 64 heavy (non-hydrogen) atoms. The van der Waals surface area contributed by atoms with E-state index in [4.69, 9.17) is 4.74 Å². The fraction of sp³-hybridized carbons (Fsp3) is 0.298. The Morgan fingerprint density at radius 3 is 2.41 bits per heavy atom. The van der Waals surface area contributed by atoms with Gasteiger partial charge in [-0.25, -0.2) is 4.98 Å². The number of benzene rings is 4. The van der Waals surface area contributed by atoms with E-state index in [2.05, 4.69) is 38.0 Å². The van der Waals surface area contributed by atoms with E-state index in [1.165, 1.54) is 11.3 Å². The third-order valence-corrected chi connectivity index (χ3v) is 12.8. The number of imide groups is 1. The van der Waals surface area contributed by atoms with Crippen LogP contribution in [-0.4, -0.2) is 112 Å². The van der Waals surface area contributed by atoms with Gasteiger partial charge in [-0.2, -0.15) is 0 Å². The molecule has 3 unspecified atom stereocenters. The highest BCUT2D eigenvalue weighted by atomic mass is 32.1. The summed E-state index contributed by atoms with van der Waals surface area (Å²) < 4.78 is 5.77. The van der Waals surface area contributed by atoms with Crippen LogP contribution in [0.2, 0.25) is 0 Å². The Morgan fingerprint density at radius 1 is 0.875 bits per heavy atom. The average molecular weight is 883 g/mol. The minimum absolute atomic E-state index is 0.0129. The summed E-state index contributed by atoms with van der Waals surface area (Å²) in [5, 5.41) is 21.7. The maximum Gasteiger partial charge on any atom is 0.257 e. The zero-order chi connectivity index (χ0) is 44.3. The van der Waals surface area contributed by atoms with E-state index >= 15 is 0 Å². The Labute approximate surface area is 372 Å². The van der Waals surface area contributed by atoms with Gasteiger partial charge in [0.25, 0.3) is 17.7 Å². The van der Waals surface area contributed by atoms with Crippen LogP contribution in [-0.2, 0) is 30.5 Å². The van der Waals surface area contributed by atoms with Crippen molar-refractivity contribution in [3.8, 4) is 11.1 Å². The second-order valence-corrected chi connectivity index (χ2v) is 16.9. The lowest BCUT2D eigenvalue weighted by atomic mass is 10.00. The normalized spacial score (nSPS) is 18.8. The smallest absolute Gasteiger partial charge is 0.257 e. The predicted molar refractivity (Wildman–Crippen MR) is 238 cm³/mol. The van der Waals surface area contributed by atoms with Gasteiger partial charge in [-0.15, -0.1) is 11.3 Å². The lowest BCUT2D eigenvalue weighted by molar-refractivity contribution is -0.139. The van der Waals surface area contributed by atoms with Gasteiger partial charge in [0, 0.05) is 85.3 Å². The number of anilines is 3. The van der Waals surface area contributed by atoms with Crippen molar-refractivity contribution in [3.05, 3.63) is 130 Å². The number of carbonyl (C=O) groups is 6. The van der Waals surface area contributed by atoms with Crippen LogP contribution in [0.25, 0.3) is 11.1 Å². The average Bonchev–Trinajstić information content (AvgIpc) is 4.01. The number of piperazine rings is 1. The highest BCUT2D eigenvalue weighted by molar-refractivity contribution is 7.13. The van der Waals surface area contributed by atoms with E-state index in [0.717, 1.165) is 27.3 Å². The van der Waals surface area contributed by atoms with E-state index in [1.807, 2.05) is 65.6 Å². The van der Waals surface area contributed by atoms with Gasteiger partial charge in [0.1, 0.15) is 12.1 Å². The molecule has 0 radical (unpaired) electrons. The molecule has 0 bridgehead atoms. The molecular formula is C47H46N8O8S. The summed E-state index contributed by atoms with van der Waals surface area (Å²) in [5.74, 6) is -1.99. The fourth-order valence-corrected chi connectivity index (χ4v) is 9.40. The van der Waals surface area contributed by atoms with Crippen LogP contribution in [0.1, 0.15) is 68.9 Å². The number of rotatable bonds is 14. The third-order valence-electron chi connectivity index (χ3n) is 12.1. The molecule has 4 aliphatic heterocycles. The Balaban J connectivity index is 0.730. The standard InChI is InChI=1S/C47H46N8O8S/c56-38-16-15-37(42(58)50-38)55-45(61)34-7-4-8-36(40(34)46(55)62)48-18-25-63-24-17-39(57)53-22-20-52(21-23-53)33-13-11-29(12-14-33)31-9-10-32-28-54(44(60)35(32)27-31)41(30-5-2-1-3-6-30)43(59)51-47-49-19-26-64-47/h1-14,19,26-27,37,41,46,48,62H,15-18,20-25,28H2,(H,49,51,59)(H,50,56,58). The van der Waals surface area contributed by atoms with Gasteiger partial charge >= 0.3 is 0 Å². The first-order valence-electron chi connectivity index (χ1n) is 21.3. The highest BCUT2D eigenvalue weighted by Crippen LogP contribution is 2.40. The Bertz CT molecular complexity index is 2580. The number of carbonyl (C=O) groups excluding carboxylic acids is 6. The number of nitrogens with zero attached hydrogens (tertiary/aromatic N) is 5. The molecule has 4 aromatic carbocycles. The van der Waals surface area contributed by atoms with Crippen molar-refractivity contribution in [1.82, 2.24) is 25.0 Å². The summed E-state index contributed by atoms with van der Waals surface area (Å²) in [6, 6.07) is 26.6. The molecule has 2 fully saturated rings. The largest absolute Gasteiger partial charge is 0.382 e. The van der Waals surface area contributed by atoms with Gasteiger partial charge in [0.2, 0.25) is 17.7 Å². The number of aliphatic hydroxyl groups excluding tert-OH is 1. The van der Waals surface area contributed by atoms with Gasteiger partial charge in [0.05, 0.1) is 19.6 Å². The summed E-state index contributed by atoms with van der Waals surface area (Å²) in [6.45, 7) is 3.69. The molecule has 4 aliphatic rings. The van der Waals surface area contributed by atoms with Crippen LogP contribution >= 0.6 is 11.3 Å². The highest BCUT2D eigenvalue weighted by Gasteiger charge is 2.45. The summed E-state index contributed by atoms with van der Waals surface area (Å²) >= 11 is 1.32. The van der Waals surface area contributed by atoms with E-state index in [9.17, 15) is 33.9 Å². The van der Waals surface area contributed by atoms with Crippen LogP contribution in [0.15, 0.2) is 103 Å². The number of ether oxygens (including phenoxy) is 1. The molecule has 1 aromatic heterocycles. The minimum atomic E-state index is -1.34. The first-order chi connectivity index (χ1) is 31.1. The summed E-state index contributed by atoms with van der Waals surface area (Å²) in [7, 11) is 0. The summed E-state index contributed by atoms with van der Waals surface area (Å²) in [5.41, 5.74) is 6.25. The number of hydrogen-bond acceptors (Lipinski definition) is 12. The monoisotopic (exact) mass is 882 g/mol. The summed E-state index contributed by atoms with van der Waals surface area (Å²) in [4.78, 5) is 88.9. The van der Waals surface area contributed by atoms with E-state index in [-0.39, 0.29) is 50.2 Å². The lowest BCUT2D eigenvalue weighted by Crippen LogP contribution is -2.53. The number of piperidine rings is 1. The number of nitrogens with one attached hydrogen (secondary N) is 3. The second kappa shape index (κ2) is 18.4. The van der Waals surface area contributed by atoms with Crippen LogP contribution in [0.3, 0.4) is 0 Å². The molecule has 5 aromatic rings. The SMILES string of the molecule is O=C1CCC(N2C(=O)c3cccc(NCCOCCC(=O)N4CCN(c5ccc(-c6ccc7c(c6)C(=O)N(C(C(=O)Nc6nccs6)c6ccccc6)C7)cc5)CC4)c3C2O)C(=O)N1. The van der Waals surface area contributed by atoms with E-state index in [0.29, 0.717) is 72.3 Å². The minimum Gasteiger partial charge on any atom is -0.382 e. The maximum atomic E-state index is 14.0. The fourth-order valence-electron chi connectivity index (χ4n) is 8.87. The van der Waals surface area contributed by atoms with Crippen molar-refractivity contribution in [1.29, 1.82) is 0 Å². The Kier molecular flexibility index (Phi) is 12.2. The molecule has 0 saturated carbocycles. The van der Waals surface area contributed by atoms with E-state index < -0.39 is 36.0 Å². The molecule has 4 N–H and O–H groups in total. The van der Waals surface area contributed by atoms with Crippen molar-refractivity contribution in [2.24, 2.45) is 0 Å². The second-order valence-electron chi connectivity index (χ2n) is 16.0. The van der Waals surface area contributed by atoms with Crippen LogP contribution < -0.4 is 20.9 Å². The van der Waals surface area contributed by atoms with E-state index in [1.54, 1.807) is 34.7 Å². The number of thiazole rings is 1. The quantitative estimate of drug-likeness (QED) is 0.0903. The maximum absolute atomic E-state index is 14.0. The predicted octanol–water partition coefficient (Wildman–Crippen LogP) is 4.57. The number of hydrogen-bond donors (Lipinski definition) is 4. The molecule has 3 atom stereocenters. The molecule has 0 aliphatic carbocycles. The first kappa shape index (κ1) is 42.4. The van der Waals surface area contributed by atoms with Crippen molar-refractivity contribution in [3.63, 3.8) is 0 Å². The number of aliphatic hydroxyl groups is 1. The molecule has 16 nitrogen and oxygen atoms in total. The van der Waals surface area contributed by atoms with Gasteiger partial charge in [-0.3, -0.25) is 44.3 Å².